The lowest BCUT2D eigenvalue weighted by atomic mass is 9.68. The van der Waals surface area contributed by atoms with E-state index in [2.05, 4.69) is 34.3 Å². The minimum atomic E-state index is -0.993. The number of hydrogen-bond donors (Lipinski definition) is 1. The van der Waals surface area contributed by atoms with E-state index in [1.807, 2.05) is 0 Å². The number of ether oxygens (including phenoxy) is 1. The van der Waals surface area contributed by atoms with Gasteiger partial charge >= 0.3 is 0 Å². The van der Waals surface area contributed by atoms with Crippen molar-refractivity contribution in [3.05, 3.63) is 12.2 Å². The number of aliphatic hydroxyl groups is 1. The van der Waals surface area contributed by atoms with Crippen molar-refractivity contribution in [2.45, 2.75) is 64.8 Å². The van der Waals surface area contributed by atoms with E-state index in [9.17, 15) is 5.11 Å². The number of fused-ring (bicyclic) bond motifs is 1. The Morgan fingerprint density at radius 1 is 1.39 bits per heavy atom. The Labute approximate surface area is 110 Å². The quantitative estimate of drug-likeness (QED) is 0.722. The van der Waals surface area contributed by atoms with Crippen molar-refractivity contribution in [3.63, 3.8) is 0 Å². The summed E-state index contributed by atoms with van der Waals surface area (Å²) in [5, 5.41) is 11.1. The van der Waals surface area contributed by atoms with E-state index in [1.165, 1.54) is 18.4 Å². The highest BCUT2D eigenvalue weighted by atomic mass is 16.7. The lowest BCUT2D eigenvalue weighted by Gasteiger charge is -2.45. The van der Waals surface area contributed by atoms with Crippen LogP contribution in [0.2, 0.25) is 0 Å². The Balaban J connectivity index is 2.11. The maximum Gasteiger partial charge on any atom is 0.175 e. The van der Waals surface area contributed by atoms with Crippen molar-refractivity contribution >= 4 is 0 Å². The van der Waals surface area contributed by atoms with Crippen molar-refractivity contribution in [3.8, 4) is 0 Å². The van der Waals surface area contributed by atoms with Crippen LogP contribution >= 0.6 is 0 Å². The second kappa shape index (κ2) is 3.40. The fourth-order valence-corrected chi connectivity index (χ4v) is 4.77. The van der Waals surface area contributed by atoms with E-state index in [0.29, 0.717) is 24.2 Å². The van der Waals surface area contributed by atoms with Crippen molar-refractivity contribution in [2.75, 3.05) is 0 Å². The average Bonchev–Trinajstić information content (AvgIpc) is 2.65. The summed E-state index contributed by atoms with van der Waals surface area (Å²) in [6.45, 7) is 13.2. The Hall–Kier alpha value is -0.340. The molecule has 3 aliphatic rings. The van der Waals surface area contributed by atoms with Crippen molar-refractivity contribution in [2.24, 2.45) is 23.2 Å². The molecule has 0 aromatic carbocycles. The molecule has 2 bridgehead atoms. The zero-order valence-electron chi connectivity index (χ0n) is 12.1. The van der Waals surface area contributed by atoms with Crippen LogP contribution in [0.15, 0.2) is 12.2 Å². The standard InChI is InChI=1S/C16H26O2/c1-10(2)14(5)9-15-12(4)6-7-13(15)11(3)8-16(14,17)18-15/h10,12-13,17H,3,6-9H2,1-2,4-5H3/t12-,13+,14+,15+,16+/m1/s1. The van der Waals surface area contributed by atoms with Gasteiger partial charge in [0.1, 0.15) is 0 Å². The van der Waals surface area contributed by atoms with E-state index in [0.717, 1.165) is 6.42 Å². The van der Waals surface area contributed by atoms with Crippen LogP contribution in [0.5, 0.6) is 0 Å². The van der Waals surface area contributed by atoms with Crippen LogP contribution in [0.3, 0.4) is 0 Å². The van der Waals surface area contributed by atoms with Crippen LogP contribution in [0.1, 0.15) is 53.4 Å². The number of hydrogen-bond acceptors (Lipinski definition) is 2. The van der Waals surface area contributed by atoms with E-state index >= 15 is 0 Å². The smallest absolute Gasteiger partial charge is 0.175 e. The molecular formula is C16H26O2. The molecular weight excluding hydrogens is 224 g/mol. The first-order valence-electron chi connectivity index (χ1n) is 7.35. The molecule has 5 atom stereocenters. The van der Waals surface area contributed by atoms with Crippen molar-refractivity contribution in [1.29, 1.82) is 0 Å². The normalized spacial score (nSPS) is 55.1. The van der Waals surface area contributed by atoms with E-state index in [1.54, 1.807) is 0 Å². The van der Waals surface area contributed by atoms with Gasteiger partial charge in [-0.1, -0.05) is 39.8 Å². The average molecular weight is 250 g/mol. The predicted molar refractivity (Wildman–Crippen MR) is 72.0 cm³/mol. The van der Waals surface area contributed by atoms with Crippen LogP contribution in [-0.4, -0.2) is 16.5 Å². The zero-order chi connectivity index (χ0) is 13.3. The maximum atomic E-state index is 11.1. The van der Waals surface area contributed by atoms with E-state index in [-0.39, 0.29) is 11.0 Å². The predicted octanol–water partition coefficient (Wildman–Crippen LogP) is 3.50. The fourth-order valence-electron chi connectivity index (χ4n) is 4.77. The molecule has 3 fully saturated rings. The Morgan fingerprint density at radius 3 is 2.67 bits per heavy atom. The SMILES string of the molecule is C=C1C[C@]2(O)O[C@@]3(C[C@@]2(C)C(C)C)[C@H](C)CC[C@@H]13. The first kappa shape index (κ1) is 12.7. The van der Waals surface area contributed by atoms with Gasteiger partial charge in [0.05, 0.1) is 5.60 Å². The lowest BCUT2D eigenvalue weighted by molar-refractivity contribution is -0.286. The minimum Gasteiger partial charge on any atom is -0.365 e. The molecule has 1 N–H and O–H groups in total. The molecule has 0 aromatic heterocycles. The van der Waals surface area contributed by atoms with E-state index < -0.39 is 5.79 Å². The van der Waals surface area contributed by atoms with Gasteiger partial charge in [0.2, 0.25) is 0 Å². The summed E-state index contributed by atoms with van der Waals surface area (Å²) >= 11 is 0. The molecule has 102 valence electrons. The lowest BCUT2D eigenvalue weighted by Crippen LogP contribution is -2.51. The monoisotopic (exact) mass is 250 g/mol. The molecule has 0 unspecified atom stereocenters. The first-order chi connectivity index (χ1) is 8.25. The molecule has 3 rings (SSSR count). The Bertz CT molecular complexity index is 402. The van der Waals surface area contributed by atoms with Gasteiger partial charge < -0.3 is 9.84 Å². The van der Waals surface area contributed by atoms with Gasteiger partial charge in [-0.05, 0) is 31.1 Å². The molecule has 2 heteroatoms. The van der Waals surface area contributed by atoms with Crippen LogP contribution < -0.4 is 0 Å². The largest absolute Gasteiger partial charge is 0.365 e. The summed E-state index contributed by atoms with van der Waals surface area (Å²) in [5.74, 6) is 0.425. The first-order valence-corrected chi connectivity index (χ1v) is 7.35. The third-order valence-electron chi connectivity index (χ3n) is 6.44. The molecule has 2 nitrogen and oxygen atoms in total. The zero-order valence-corrected chi connectivity index (χ0v) is 12.1. The Morgan fingerprint density at radius 2 is 2.06 bits per heavy atom. The van der Waals surface area contributed by atoms with E-state index in [4.69, 9.17) is 4.74 Å². The molecule has 0 amide bonds. The maximum absolute atomic E-state index is 11.1. The molecule has 18 heavy (non-hydrogen) atoms. The van der Waals surface area contributed by atoms with Crippen molar-refractivity contribution in [1.82, 2.24) is 0 Å². The van der Waals surface area contributed by atoms with Gasteiger partial charge in [-0.25, -0.2) is 0 Å². The molecule has 1 aliphatic carbocycles. The third kappa shape index (κ3) is 1.21. The number of rotatable bonds is 1. The summed E-state index contributed by atoms with van der Waals surface area (Å²) in [6, 6.07) is 0. The molecule has 0 aromatic rings. The summed E-state index contributed by atoms with van der Waals surface area (Å²) in [6.07, 6.45) is 4.00. The molecule has 2 heterocycles. The highest BCUT2D eigenvalue weighted by Crippen LogP contribution is 2.68. The van der Waals surface area contributed by atoms with Crippen molar-refractivity contribution < 1.29 is 9.84 Å². The van der Waals surface area contributed by atoms with Gasteiger partial charge in [-0.2, -0.15) is 0 Å². The minimum absolute atomic E-state index is 0.136. The third-order valence-corrected chi connectivity index (χ3v) is 6.44. The van der Waals surface area contributed by atoms with Gasteiger partial charge in [-0.3, -0.25) is 0 Å². The molecule has 1 saturated carbocycles. The summed E-state index contributed by atoms with van der Waals surface area (Å²) in [4.78, 5) is 0. The molecule has 2 saturated heterocycles. The topological polar surface area (TPSA) is 29.5 Å². The molecule has 1 spiro atoms. The highest BCUT2D eigenvalue weighted by Gasteiger charge is 2.71. The van der Waals surface area contributed by atoms with Gasteiger partial charge in [-0.15, -0.1) is 0 Å². The summed E-state index contributed by atoms with van der Waals surface area (Å²) < 4.78 is 6.35. The second-order valence-corrected chi connectivity index (χ2v) is 7.46. The highest BCUT2D eigenvalue weighted by molar-refractivity contribution is 5.27. The van der Waals surface area contributed by atoms with Crippen LogP contribution in [-0.2, 0) is 4.74 Å². The van der Waals surface area contributed by atoms with Gasteiger partial charge in [0, 0.05) is 17.8 Å². The van der Waals surface area contributed by atoms with Crippen LogP contribution in [0.25, 0.3) is 0 Å². The Kier molecular flexibility index (Phi) is 2.40. The summed E-state index contributed by atoms with van der Waals surface area (Å²) in [7, 11) is 0. The molecule has 0 radical (unpaired) electrons. The molecule has 2 aliphatic heterocycles. The van der Waals surface area contributed by atoms with Crippen LogP contribution in [0, 0.1) is 23.2 Å². The van der Waals surface area contributed by atoms with Gasteiger partial charge in [0.15, 0.2) is 5.79 Å². The van der Waals surface area contributed by atoms with Gasteiger partial charge in [0.25, 0.3) is 0 Å². The summed E-state index contributed by atoms with van der Waals surface area (Å²) in [5.41, 5.74) is 0.935. The van der Waals surface area contributed by atoms with Crippen LogP contribution in [0.4, 0.5) is 0 Å². The second-order valence-electron chi connectivity index (χ2n) is 7.46. The fraction of sp³-hybridized carbons (Fsp3) is 0.875.